The minimum atomic E-state index is -0.685. The summed E-state index contributed by atoms with van der Waals surface area (Å²) >= 11 is 0. The van der Waals surface area contributed by atoms with Crippen LogP contribution in [-0.2, 0) is 9.47 Å². The van der Waals surface area contributed by atoms with Gasteiger partial charge in [-0.05, 0) is 19.8 Å². The fraction of sp³-hybridized carbons (Fsp3) is 1.00. The van der Waals surface area contributed by atoms with Crippen molar-refractivity contribution < 1.29 is 14.6 Å². The van der Waals surface area contributed by atoms with Crippen LogP contribution in [0.15, 0.2) is 0 Å². The highest BCUT2D eigenvalue weighted by Gasteiger charge is 2.29. The molecule has 0 aliphatic carbocycles. The molecule has 0 bridgehead atoms. The van der Waals surface area contributed by atoms with Crippen molar-refractivity contribution in [3.8, 4) is 0 Å². The Kier molecular flexibility index (Phi) is 7.96. The molecule has 0 heterocycles. The van der Waals surface area contributed by atoms with Gasteiger partial charge in [-0.3, -0.25) is 4.90 Å². The fourth-order valence-electron chi connectivity index (χ4n) is 1.60. The first-order valence-corrected chi connectivity index (χ1v) is 6.29. The Morgan fingerprint density at radius 1 is 1.18 bits per heavy atom. The molecular formula is C13H29NO3. The maximum Gasteiger partial charge on any atom is 0.0768 e. The van der Waals surface area contributed by atoms with E-state index in [2.05, 4.69) is 11.8 Å². The van der Waals surface area contributed by atoms with E-state index in [1.807, 2.05) is 20.8 Å². The lowest BCUT2D eigenvalue weighted by atomic mass is 9.91. The zero-order valence-corrected chi connectivity index (χ0v) is 12.2. The van der Waals surface area contributed by atoms with E-state index in [1.165, 1.54) is 0 Å². The fourth-order valence-corrected chi connectivity index (χ4v) is 1.60. The van der Waals surface area contributed by atoms with E-state index in [9.17, 15) is 5.11 Å². The standard InChI is InChI=1S/C13H29NO3/c1-11(2)13(4,15)10-14(7-8-16-5)12(3)9-17-6/h11-12,15H,7-10H2,1-6H3. The van der Waals surface area contributed by atoms with Crippen molar-refractivity contribution in [2.45, 2.75) is 39.3 Å². The second-order valence-corrected chi connectivity index (χ2v) is 5.28. The number of hydrogen-bond donors (Lipinski definition) is 1. The number of aliphatic hydroxyl groups is 1. The maximum absolute atomic E-state index is 10.4. The molecule has 4 heteroatoms. The third-order valence-electron chi connectivity index (χ3n) is 3.38. The summed E-state index contributed by atoms with van der Waals surface area (Å²) in [5.74, 6) is 0.224. The Bertz CT molecular complexity index is 195. The first kappa shape index (κ1) is 16.8. The van der Waals surface area contributed by atoms with Gasteiger partial charge in [-0.2, -0.15) is 0 Å². The van der Waals surface area contributed by atoms with E-state index in [-0.39, 0.29) is 12.0 Å². The lowest BCUT2D eigenvalue weighted by molar-refractivity contribution is -0.0403. The summed E-state index contributed by atoms with van der Waals surface area (Å²) < 4.78 is 10.3. The van der Waals surface area contributed by atoms with Gasteiger partial charge in [0.2, 0.25) is 0 Å². The summed E-state index contributed by atoms with van der Waals surface area (Å²) in [7, 11) is 3.39. The zero-order chi connectivity index (χ0) is 13.5. The molecule has 0 amide bonds. The van der Waals surface area contributed by atoms with E-state index in [0.717, 1.165) is 6.54 Å². The van der Waals surface area contributed by atoms with Gasteiger partial charge in [0.25, 0.3) is 0 Å². The Labute approximate surface area is 106 Å². The Morgan fingerprint density at radius 2 is 1.76 bits per heavy atom. The van der Waals surface area contributed by atoms with Gasteiger partial charge in [-0.1, -0.05) is 13.8 Å². The Balaban J connectivity index is 4.46. The first-order chi connectivity index (χ1) is 7.85. The van der Waals surface area contributed by atoms with Gasteiger partial charge in [0.1, 0.15) is 0 Å². The van der Waals surface area contributed by atoms with Gasteiger partial charge in [-0.15, -0.1) is 0 Å². The monoisotopic (exact) mass is 247 g/mol. The van der Waals surface area contributed by atoms with Crippen LogP contribution in [0.3, 0.4) is 0 Å². The number of methoxy groups -OCH3 is 2. The van der Waals surface area contributed by atoms with Crippen LogP contribution in [0.5, 0.6) is 0 Å². The average Bonchev–Trinajstić information content (AvgIpc) is 2.24. The summed E-state index contributed by atoms with van der Waals surface area (Å²) in [4.78, 5) is 2.22. The van der Waals surface area contributed by atoms with Crippen molar-refractivity contribution in [3.05, 3.63) is 0 Å². The molecule has 0 aromatic carbocycles. The molecule has 1 N–H and O–H groups in total. The van der Waals surface area contributed by atoms with Crippen molar-refractivity contribution in [1.29, 1.82) is 0 Å². The average molecular weight is 247 g/mol. The number of hydrogen-bond acceptors (Lipinski definition) is 4. The predicted octanol–water partition coefficient (Wildman–Crippen LogP) is 1.38. The van der Waals surface area contributed by atoms with E-state index in [4.69, 9.17) is 9.47 Å². The maximum atomic E-state index is 10.4. The van der Waals surface area contributed by atoms with E-state index in [1.54, 1.807) is 14.2 Å². The van der Waals surface area contributed by atoms with Crippen LogP contribution < -0.4 is 0 Å². The molecule has 2 unspecified atom stereocenters. The van der Waals surface area contributed by atoms with Crippen molar-refractivity contribution in [2.24, 2.45) is 5.92 Å². The molecule has 104 valence electrons. The number of ether oxygens (including phenoxy) is 2. The molecule has 2 atom stereocenters. The molecule has 0 aromatic rings. The lowest BCUT2D eigenvalue weighted by Crippen LogP contribution is -2.49. The second kappa shape index (κ2) is 8.03. The highest BCUT2D eigenvalue weighted by molar-refractivity contribution is 4.82. The second-order valence-electron chi connectivity index (χ2n) is 5.28. The van der Waals surface area contributed by atoms with Crippen LogP contribution in [0.2, 0.25) is 0 Å². The largest absolute Gasteiger partial charge is 0.389 e. The van der Waals surface area contributed by atoms with E-state index in [0.29, 0.717) is 19.8 Å². The lowest BCUT2D eigenvalue weighted by Gasteiger charge is -2.37. The molecular weight excluding hydrogens is 218 g/mol. The quantitative estimate of drug-likeness (QED) is 0.668. The van der Waals surface area contributed by atoms with Crippen molar-refractivity contribution >= 4 is 0 Å². The normalized spacial score (nSPS) is 17.5. The summed E-state index contributed by atoms with van der Waals surface area (Å²) in [5.41, 5.74) is -0.685. The molecule has 0 radical (unpaired) electrons. The van der Waals surface area contributed by atoms with Crippen molar-refractivity contribution in [3.63, 3.8) is 0 Å². The van der Waals surface area contributed by atoms with E-state index >= 15 is 0 Å². The van der Waals surface area contributed by atoms with Crippen LogP contribution in [-0.4, -0.2) is 62.2 Å². The van der Waals surface area contributed by atoms with Crippen molar-refractivity contribution in [2.75, 3.05) is 40.5 Å². The SMILES string of the molecule is COCCN(CC(C)(O)C(C)C)C(C)COC. The number of rotatable bonds is 9. The molecule has 0 aromatic heterocycles. The highest BCUT2D eigenvalue weighted by atomic mass is 16.5. The molecule has 17 heavy (non-hydrogen) atoms. The third kappa shape index (κ3) is 6.36. The molecule has 0 saturated carbocycles. The van der Waals surface area contributed by atoms with Gasteiger partial charge in [0, 0.05) is 33.4 Å². The molecule has 0 spiro atoms. The van der Waals surface area contributed by atoms with Crippen molar-refractivity contribution in [1.82, 2.24) is 4.90 Å². The third-order valence-corrected chi connectivity index (χ3v) is 3.38. The molecule has 0 aliphatic heterocycles. The predicted molar refractivity (Wildman–Crippen MR) is 70.2 cm³/mol. The van der Waals surface area contributed by atoms with Crippen LogP contribution in [0.1, 0.15) is 27.7 Å². The smallest absolute Gasteiger partial charge is 0.0768 e. The van der Waals surface area contributed by atoms with Crippen LogP contribution in [0.25, 0.3) is 0 Å². The van der Waals surface area contributed by atoms with Gasteiger partial charge >= 0.3 is 0 Å². The summed E-state index contributed by atoms with van der Waals surface area (Å²) in [6.07, 6.45) is 0. The summed E-state index contributed by atoms with van der Waals surface area (Å²) in [6, 6.07) is 0.278. The minimum absolute atomic E-state index is 0.224. The van der Waals surface area contributed by atoms with E-state index < -0.39 is 5.60 Å². The first-order valence-electron chi connectivity index (χ1n) is 6.29. The van der Waals surface area contributed by atoms with Gasteiger partial charge in [0.15, 0.2) is 0 Å². The molecule has 4 nitrogen and oxygen atoms in total. The van der Waals surface area contributed by atoms with Crippen LogP contribution >= 0.6 is 0 Å². The summed E-state index contributed by atoms with van der Waals surface area (Å²) in [6.45, 7) is 10.8. The molecule has 0 fully saturated rings. The minimum Gasteiger partial charge on any atom is -0.389 e. The molecule has 0 saturated heterocycles. The Hall–Kier alpha value is -0.160. The highest BCUT2D eigenvalue weighted by Crippen LogP contribution is 2.18. The number of nitrogens with zero attached hydrogens (tertiary/aromatic N) is 1. The van der Waals surface area contributed by atoms with Crippen LogP contribution in [0, 0.1) is 5.92 Å². The zero-order valence-electron chi connectivity index (χ0n) is 12.2. The van der Waals surface area contributed by atoms with Gasteiger partial charge < -0.3 is 14.6 Å². The summed E-state index contributed by atoms with van der Waals surface area (Å²) in [5, 5.41) is 10.4. The van der Waals surface area contributed by atoms with Gasteiger partial charge in [0.05, 0.1) is 18.8 Å². The Morgan fingerprint density at radius 3 is 2.18 bits per heavy atom. The molecule has 0 rings (SSSR count). The topological polar surface area (TPSA) is 41.9 Å². The van der Waals surface area contributed by atoms with Crippen LogP contribution in [0.4, 0.5) is 0 Å². The van der Waals surface area contributed by atoms with Gasteiger partial charge in [-0.25, -0.2) is 0 Å². The molecule has 0 aliphatic rings.